The molecule has 0 spiro atoms. The van der Waals surface area contributed by atoms with Crippen LogP contribution in [0.5, 0.6) is 11.5 Å². The molecule has 0 fully saturated rings. The van der Waals surface area contributed by atoms with Gasteiger partial charge in [0.1, 0.15) is 6.61 Å². The SMILES string of the molecule is CCC(C)NCc1cc(OC)c(OCc2cccc(Cl)c2)cc1Cl. The molecule has 1 atom stereocenters. The lowest BCUT2D eigenvalue weighted by Gasteiger charge is -2.16. The van der Waals surface area contributed by atoms with E-state index in [4.69, 9.17) is 32.7 Å². The summed E-state index contributed by atoms with van der Waals surface area (Å²) in [7, 11) is 1.63. The van der Waals surface area contributed by atoms with Crippen molar-refractivity contribution < 1.29 is 9.47 Å². The monoisotopic (exact) mass is 367 g/mol. The smallest absolute Gasteiger partial charge is 0.163 e. The Hall–Kier alpha value is -1.42. The molecule has 1 unspecified atom stereocenters. The minimum absolute atomic E-state index is 0.401. The Kier molecular flexibility index (Phi) is 7.22. The lowest BCUT2D eigenvalue weighted by Crippen LogP contribution is -2.24. The van der Waals surface area contributed by atoms with Crippen LogP contribution in [-0.2, 0) is 13.2 Å². The van der Waals surface area contributed by atoms with Gasteiger partial charge in [-0.1, -0.05) is 42.3 Å². The van der Waals surface area contributed by atoms with Gasteiger partial charge < -0.3 is 14.8 Å². The van der Waals surface area contributed by atoms with E-state index in [9.17, 15) is 0 Å². The average Bonchev–Trinajstić information content (AvgIpc) is 2.58. The van der Waals surface area contributed by atoms with E-state index in [0.717, 1.165) is 17.5 Å². The summed E-state index contributed by atoms with van der Waals surface area (Å²) in [4.78, 5) is 0. The molecule has 0 radical (unpaired) electrons. The first kappa shape index (κ1) is 18.9. The van der Waals surface area contributed by atoms with Crippen molar-refractivity contribution in [3.63, 3.8) is 0 Å². The predicted octanol–water partition coefficient (Wildman–Crippen LogP) is 5.47. The van der Waals surface area contributed by atoms with Gasteiger partial charge in [0.15, 0.2) is 11.5 Å². The molecule has 0 aromatic heterocycles. The molecule has 1 N–H and O–H groups in total. The molecular weight excluding hydrogens is 345 g/mol. The van der Waals surface area contributed by atoms with Crippen molar-refractivity contribution in [3.8, 4) is 11.5 Å². The molecule has 0 saturated carbocycles. The highest BCUT2D eigenvalue weighted by Crippen LogP contribution is 2.34. The summed E-state index contributed by atoms with van der Waals surface area (Å²) in [6.07, 6.45) is 1.07. The second kappa shape index (κ2) is 9.16. The molecule has 0 amide bonds. The molecule has 3 nitrogen and oxygen atoms in total. The van der Waals surface area contributed by atoms with Crippen LogP contribution in [-0.4, -0.2) is 13.2 Å². The molecule has 0 saturated heterocycles. The number of halogens is 2. The van der Waals surface area contributed by atoms with Gasteiger partial charge in [0.05, 0.1) is 7.11 Å². The van der Waals surface area contributed by atoms with Crippen molar-refractivity contribution in [1.82, 2.24) is 5.32 Å². The molecule has 0 aliphatic carbocycles. The van der Waals surface area contributed by atoms with Crippen LogP contribution in [0.3, 0.4) is 0 Å². The van der Waals surface area contributed by atoms with Gasteiger partial charge in [-0.25, -0.2) is 0 Å². The van der Waals surface area contributed by atoms with E-state index in [1.165, 1.54) is 0 Å². The molecule has 2 rings (SSSR count). The summed E-state index contributed by atoms with van der Waals surface area (Å²) in [6.45, 7) is 5.39. The van der Waals surface area contributed by atoms with E-state index >= 15 is 0 Å². The summed E-state index contributed by atoms with van der Waals surface area (Å²) >= 11 is 12.4. The Morgan fingerprint density at radius 1 is 1.12 bits per heavy atom. The van der Waals surface area contributed by atoms with Crippen LogP contribution in [0, 0.1) is 0 Å². The second-order valence-electron chi connectivity index (χ2n) is 5.70. The Balaban J connectivity index is 2.11. The number of benzene rings is 2. The third kappa shape index (κ3) is 5.30. The standard InChI is InChI=1S/C19H23Cl2NO2/c1-4-13(2)22-11-15-9-18(23-3)19(10-17(15)21)24-12-14-6-5-7-16(20)8-14/h5-10,13,22H,4,11-12H2,1-3H3. The summed E-state index contributed by atoms with van der Waals surface area (Å²) in [5.74, 6) is 1.29. The second-order valence-corrected chi connectivity index (χ2v) is 6.55. The largest absolute Gasteiger partial charge is 0.493 e. The van der Waals surface area contributed by atoms with Gasteiger partial charge >= 0.3 is 0 Å². The van der Waals surface area contributed by atoms with E-state index in [0.29, 0.717) is 40.7 Å². The molecule has 0 heterocycles. The molecule has 5 heteroatoms. The molecule has 2 aromatic rings. The normalized spacial score (nSPS) is 12.0. The first-order valence-corrected chi connectivity index (χ1v) is 8.76. The number of hydrogen-bond acceptors (Lipinski definition) is 3. The average molecular weight is 368 g/mol. The van der Waals surface area contributed by atoms with Crippen LogP contribution in [0.15, 0.2) is 36.4 Å². The topological polar surface area (TPSA) is 30.5 Å². The maximum Gasteiger partial charge on any atom is 0.163 e. The van der Waals surface area contributed by atoms with Crippen LogP contribution >= 0.6 is 23.2 Å². The van der Waals surface area contributed by atoms with E-state index in [2.05, 4.69) is 19.2 Å². The van der Waals surface area contributed by atoms with Crippen molar-refractivity contribution in [2.75, 3.05) is 7.11 Å². The minimum atomic E-state index is 0.401. The number of rotatable bonds is 8. The van der Waals surface area contributed by atoms with E-state index in [1.807, 2.05) is 30.3 Å². The molecule has 0 aliphatic rings. The molecule has 0 bridgehead atoms. The summed E-state index contributed by atoms with van der Waals surface area (Å²) in [6, 6.07) is 11.7. The maximum absolute atomic E-state index is 6.40. The Morgan fingerprint density at radius 3 is 2.58 bits per heavy atom. The summed E-state index contributed by atoms with van der Waals surface area (Å²) in [5.41, 5.74) is 1.98. The number of nitrogens with one attached hydrogen (secondary N) is 1. The van der Waals surface area contributed by atoms with Crippen molar-refractivity contribution in [3.05, 3.63) is 57.6 Å². The van der Waals surface area contributed by atoms with E-state index < -0.39 is 0 Å². The zero-order chi connectivity index (χ0) is 17.5. The van der Waals surface area contributed by atoms with E-state index in [1.54, 1.807) is 13.2 Å². The third-order valence-electron chi connectivity index (χ3n) is 3.87. The highest BCUT2D eigenvalue weighted by Gasteiger charge is 2.11. The van der Waals surface area contributed by atoms with E-state index in [-0.39, 0.29) is 0 Å². The van der Waals surface area contributed by atoms with Gasteiger partial charge in [0.25, 0.3) is 0 Å². The van der Waals surface area contributed by atoms with Crippen LogP contribution in [0.25, 0.3) is 0 Å². The summed E-state index contributed by atoms with van der Waals surface area (Å²) < 4.78 is 11.3. The molecule has 0 aliphatic heterocycles. The van der Waals surface area contributed by atoms with Gasteiger partial charge in [0, 0.05) is 28.7 Å². The highest BCUT2D eigenvalue weighted by atomic mass is 35.5. The fourth-order valence-corrected chi connectivity index (χ4v) is 2.63. The van der Waals surface area contributed by atoms with Gasteiger partial charge in [-0.05, 0) is 42.7 Å². The maximum atomic E-state index is 6.40. The fraction of sp³-hybridized carbons (Fsp3) is 0.368. The first-order chi connectivity index (χ1) is 11.5. The predicted molar refractivity (Wildman–Crippen MR) is 100 cm³/mol. The lowest BCUT2D eigenvalue weighted by molar-refractivity contribution is 0.284. The summed E-state index contributed by atoms with van der Waals surface area (Å²) in [5, 5.41) is 4.78. The van der Waals surface area contributed by atoms with Crippen LogP contribution in [0.1, 0.15) is 31.4 Å². The van der Waals surface area contributed by atoms with Gasteiger partial charge in [0.2, 0.25) is 0 Å². The molecule has 130 valence electrons. The molecular formula is C19H23Cl2NO2. The highest BCUT2D eigenvalue weighted by molar-refractivity contribution is 6.31. The van der Waals surface area contributed by atoms with Gasteiger partial charge in [-0.3, -0.25) is 0 Å². The number of hydrogen-bond donors (Lipinski definition) is 1. The first-order valence-electron chi connectivity index (χ1n) is 8.00. The number of ether oxygens (including phenoxy) is 2. The van der Waals surface area contributed by atoms with Crippen molar-refractivity contribution in [1.29, 1.82) is 0 Å². The third-order valence-corrected chi connectivity index (χ3v) is 4.46. The van der Waals surface area contributed by atoms with Crippen LogP contribution in [0.2, 0.25) is 10.0 Å². The lowest BCUT2D eigenvalue weighted by atomic mass is 10.1. The molecule has 2 aromatic carbocycles. The van der Waals surface area contributed by atoms with Crippen molar-refractivity contribution >= 4 is 23.2 Å². The zero-order valence-electron chi connectivity index (χ0n) is 14.2. The number of methoxy groups -OCH3 is 1. The fourth-order valence-electron chi connectivity index (χ4n) is 2.20. The minimum Gasteiger partial charge on any atom is -0.493 e. The van der Waals surface area contributed by atoms with Crippen LogP contribution < -0.4 is 14.8 Å². The zero-order valence-corrected chi connectivity index (χ0v) is 15.7. The van der Waals surface area contributed by atoms with Gasteiger partial charge in [-0.15, -0.1) is 0 Å². The Morgan fingerprint density at radius 2 is 1.92 bits per heavy atom. The van der Waals surface area contributed by atoms with Crippen molar-refractivity contribution in [2.24, 2.45) is 0 Å². The Labute approximate surface area is 153 Å². The van der Waals surface area contributed by atoms with Gasteiger partial charge in [-0.2, -0.15) is 0 Å². The Bertz CT molecular complexity index is 676. The van der Waals surface area contributed by atoms with Crippen molar-refractivity contribution in [2.45, 2.75) is 39.5 Å². The molecule has 24 heavy (non-hydrogen) atoms. The quantitative estimate of drug-likeness (QED) is 0.670. The van der Waals surface area contributed by atoms with Crippen LogP contribution in [0.4, 0.5) is 0 Å².